The molecule has 0 aliphatic carbocycles. The fraction of sp³-hybridized carbons (Fsp3) is 0.744. The van der Waals surface area contributed by atoms with E-state index in [1.54, 1.807) is 59.0 Å². The molecule has 4 rings (SSSR count). The number of amides is 1. The molecule has 4 heterocycles. The smallest absolute Gasteiger partial charge is 0.312 e. The molecule has 0 aromatic carbocycles. The first-order valence-corrected chi connectivity index (χ1v) is 20.6. The second-order valence-electron chi connectivity index (χ2n) is 17.2. The van der Waals surface area contributed by atoms with Gasteiger partial charge in [0.15, 0.2) is 18.2 Å². The van der Waals surface area contributed by atoms with E-state index in [0.717, 1.165) is 0 Å². The van der Waals surface area contributed by atoms with Gasteiger partial charge in [-0.2, -0.15) is 0 Å². The lowest BCUT2D eigenvalue weighted by molar-refractivity contribution is -0.305. The van der Waals surface area contributed by atoms with Crippen LogP contribution in [-0.2, 0) is 63.6 Å². The molecule has 1 N–H and O–H groups in total. The van der Waals surface area contributed by atoms with E-state index < -0.39 is 114 Å². The van der Waals surface area contributed by atoms with Crippen LogP contribution in [0, 0.1) is 23.7 Å². The summed E-state index contributed by atoms with van der Waals surface area (Å²) in [6.45, 7) is 15.4. The number of aromatic nitrogens is 1. The topological polar surface area (TPSA) is 199 Å². The van der Waals surface area contributed by atoms with E-state index in [1.807, 2.05) is 32.8 Å². The molecule has 330 valence electrons. The van der Waals surface area contributed by atoms with Crippen LogP contribution in [0.5, 0.6) is 0 Å². The summed E-state index contributed by atoms with van der Waals surface area (Å²) < 4.78 is 44.6. The van der Waals surface area contributed by atoms with Gasteiger partial charge in [-0.15, -0.1) is 0 Å². The number of ether oxygens (including phenoxy) is 7. The van der Waals surface area contributed by atoms with Crippen molar-refractivity contribution in [2.75, 3.05) is 27.3 Å². The van der Waals surface area contributed by atoms with Gasteiger partial charge in [0.1, 0.15) is 31.0 Å². The molecule has 0 unspecified atom stereocenters. The predicted octanol–water partition coefficient (Wildman–Crippen LogP) is 3.67. The third kappa shape index (κ3) is 11.8. The number of carbonyl (C=O) groups excluding carboxylic acids is 5. The molecule has 0 saturated carbocycles. The molecule has 0 spiro atoms. The molecule has 0 radical (unpaired) electrons. The van der Waals surface area contributed by atoms with Crippen molar-refractivity contribution in [3.63, 3.8) is 0 Å². The van der Waals surface area contributed by atoms with Crippen molar-refractivity contribution in [1.29, 1.82) is 0 Å². The number of likely N-dealkylation sites (N-methyl/N-ethyl adjacent to an activating group) is 1. The largest absolute Gasteiger partial charge is 0.461 e. The number of aliphatic hydroxyl groups is 1. The minimum Gasteiger partial charge on any atom is -0.461 e. The number of cyclic esters (lactones) is 1. The van der Waals surface area contributed by atoms with Gasteiger partial charge in [-0.1, -0.05) is 33.8 Å². The van der Waals surface area contributed by atoms with E-state index in [2.05, 4.69) is 9.98 Å². The Kier molecular flexibility index (Phi) is 16.5. The third-order valence-corrected chi connectivity index (χ3v) is 11.9. The first-order valence-electron chi connectivity index (χ1n) is 20.6. The molecule has 14 atom stereocenters. The highest BCUT2D eigenvalue weighted by molar-refractivity contribution is 5.98. The van der Waals surface area contributed by atoms with Crippen LogP contribution in [0.2, 0.25) is 0 Å². The fourth-order valence-electron chi connectivity index (χ4n) is 9.04. The van der Waals surface area contributed by atoms with Gasteiger partial charge in [-0.25, -0.2) is 4.99 Å². The molecule has 3 fully saturated rings. The summed E-state index contributed by atoms with van der Waals surface area (Å²) in [6, 6.07) is 4.80. The summed E-state index contributed by atoms with van der Waals surface area (Å²) >= 11 is 0. The third-order valence-electron chi connectivity index (χ3n) is 11.9. The average molecular weight is 832 g/mol. The number of fused-ring (bicyclic) bond motifs is 5. The lowest BCUT2D eigenvalue weighted by atomic mass is 9.73. The van der Waals surface area contributed by atoms with Crippen molar-refractivity contribution in [2.45, 2.75) is 155 Å². The Morgan fingerprint density at radius 2 is 1.69 bits per heavy atom. The maximum Gasteiger partial charge on any atom is 0.312 e. The van der Waals surface area contributed by atoms with Crippen LogP contribution in [0.3, 0.4) is 0 Å². The number of pyridine rings is 1. The van der Waals surface area contributed by atoms with Gasteiger partial charge >= 0.3 is 17.9 Å². The van der Waals surface area contributed by atoms with Crippen LogP contribution in [0.25, 0.3) is 0 Å². The van der Waals surface area contributed by atoms with Crippen LogP contribution in [0.15, 0.2) is 29.4 Å². The number of aliphatic imine (C=N–C) groups is 1. The molecule has 3 saturated heterocycles. The molecule has 59 heavy (non-hydrogen) atoms. The van der Waals surface area contributed by atoms with Crippen molar-refractivity contribution in [3.8, 4) is 0 Å². The Bertz CT molecular complexity index is 1670. The van der Waals surface area contributed by atoms with Crippen molar-refractivity contribution in [3.05, 3.63) is 30.1 Å². The quantitative estimate of drug-likeness (QED) is 0.294. The maximum atomic E-state index is 14.4. The van der Waals surface area contributed by atoms with E-state index in [1.165, 1.54) is 20.8 Å². The molecule has 3 aliphatic rings. The summed E-state index contributed by atoms with van der Waals surface area (Å²) in [7, 11) is 3.72. The molecule has 3 aliphatic heterocycles. The summed E-state index contributed by atoms with van der Waals surface area (Å²) in [6.07, 6.45) is -5.24. The number of hydrogen-bond acceptors (Lipinski definition) is 15. The number of hydrogen-bond donors (Lipinski definition) is 1. The normalized spacial score (nSPS) is 38.4. The van der Waals surface area contributed by atoms with Crippen LogP contribution >= 0.6 is 0 Å². The minimum atomic E-state index is -1.91. The van der Waals surface area contributed by atoms with Crippen molar-refractivity contribution in [2.24, 2.45) is 28.7 Å². The zero-order valence-corrected chi connectivity index (χ0v) is 36.7. The molecular formula is C43H65N3O13. The van der Waals surface area contributed by atoms with Gasteiger partial charge in [0.05, 0.1) is 48.0 Å². The monoisotopic (exact) mass is 831 g/mol. The zero-order chi connectivity index (χ0) is 44.0. The SMILES string of the molecule is CC[C@H]1OC(=O)[C@H](C)[C@@H](OC(=O)Cc2ccccn2)[C@H](C)[C@@H](O[C@@H]2O[C@H](C)C[C@H](N(C)C)[C@H]2OC(C)=O)[C@@]2(C)C[C@@H](C)/C(=N\C(C)=O)[C@H](C)[C@@H](OCC(=O)CO2)[C@]1(C)O. The van der Waals surface area contributed by atoms with E-state index in [-0.39, 0.29) is 31.4 Å². The Balaban J connectivity index is 2.01. The summed E-state index contributed by atoms with van der Waals surface area (Å²) in [4.78, 5) is 78.0. The second kappa shape index (κ2) is 20.3. The lowest BCUT2D eigenvalue weighted by Gasteiger charge is -2.49. The molecule has 1 aromatic rings. The highest BCUT2D eigenvalue weighted by atomic mass is 16.7. The number of ketones is 1. The highest BCUT2D eigenvalue weighted by Crippen LogP contribution is 2.42. The molecule has 16 heteroatoms. The molecule has 1 aromatic heterocycles. The molecular weight excluding hydrogens is 766 g/mol. The summed E-state index contributed by atoms with van der Waals surface area (Å²) in [5, 5.41) is 12.3. The Morgan fingerprint density at radius 3 is 2.29 bits per heavy atom. The van der Waals surface area contributed by atoms with Gasteiger partial charge in [0.2, 0.25) is 5.91 Å². The number of rotatable bonds is 8. The van der Waals surface area contributed by atoms with Gasteiger partial charge in [-0.3, -0.25) is 29.0 Å². The van der Waals surface area contributed by atoms with Gasteiger partial charge in [-0.05, 0) is 79.1 Å². The van der Waals surface area contributed by atoms with E-state index >= 15 is 0 Å². The first-order chi connectivity index (χ1) is 27.6. The second-order valence-corrected chi connectivity index (χ2v) is 17.2. The summed E-state index contributed by atoms with van der Waals surface area (Å²) in [5.74, 6) is -6.43. The van der Waals surface area contributed by atoms with Crippen LogP contribution in [-0.4, -0.2) is 138 Å². The number of carbonyl (C=O) groups is 5. The predicted molar refractivity (Wildman–Crippen MR) is 214 cm³/mol. The minimum absolute atomic E-state index is 0.0723. The average Bonchev–Trinajstić information content (AvgIpc) is 3.16. The Hall–Kier alpha value is -3.67. The van der Waals surface area contributed by atoms with E-state index in [0.29, 0.717) is 17.8 Å². The lowest BCUT2D eigenvalue weighted by Crippen LogP contribution is -2.61. The molecule has 16 nitrogen and oxygen atoms in total. The Labute approximate surface area is 348 Å². The van der Waals surface area contributed by atoms with Gasteiger partial charge in [0.25, 0.3) is 0 Å². The van der Waals surface area contributed by atoms with E-state index in [9.17, 15) is 29.1 Å². The number of nitrogens with zero attached hydrogens (tertiary/aromatic N) is 3. The number of esters is 3. The van der Waals surface area contributed by atoms with Gasteiger partial charge < -0.3 is 43.2 Å². The number of Topliss-reactive ketones (excluding diaryl/α,β-unsaturated/α-hetero) is 1. The first kappa shape index (κ1) is 48.0. The molecule has 1 amide bonds. The zero-order valence-electron chi connectivity index (χ0n) is 36.7. The van der Waals surface area contributed by atoms with Crippen molar-refractivity contribution >= 4 is 35.3 Å². The summed E-state index contributed by atoms with van der Waals surface area (Å²) in [5.41, 5.74) is -2.60. The fourth-order valence-corrected chi connectivity index (χ4v) is 9.04. The van der Waals surface area contributed by atoms with Crippen molar-refractivity contribution < 1.29 is 62.2 Å². The van der Waals surface area contributed by atoms with Crippen LogP contribution in [0.1, 0.15) is 94.2 Å². The highest BCUT2D eigenvalue weighted by Gasteiger charge is 2.54. The van der Waals surface area contributed by atoms with Gasteiger partial charge in [0, 0.05) is 37.6 Å². The Morgan fingerprint density at radius 1 is 1.00 bits per heavy atom. The van der Waals surface area contributed by atoms with Crippen LogP contribution in [0.4, 0.5) is 0 Å². The van der Waals surface area contributed by atoms with Crippen molar-refractivity contribution in [1.82, 2.24) is 9.88 Å². The molecule has 2 bridgehead atoms. The van der Waals surface area contributed by atoms with E-state index in [4.69, 9.17) is 33.2 Å². The maximum absolute atomic E-state index is 14.4. The standard InChI is InChI=1S/C43H65N3O13/c1-13-33-43(10,52)39-25(4)35(45-28(7)47)23(2)20-42(9,54-22-31(49)21-53-39)38(59-41-37(56-29(8)48)32(46(11)12)18-24(3)55-41)26(5)36(27(6)40(51)57-33)58-34(50)19-30-16-14-15-17-44-30/h14-17,23-27,32-33,36-39,41,52H,13,18-22H2,1-12H3/b45-35+/t23-,24-,25+,26+,27-,32+,33-,36+,37-,38-,39-,41+,42-,43-/m1/s1. The van der Waals surface area contributed by atoms with Crippen LogP contribution < -0.4 is 0 Å².